The zero-order valence-corrected chi connectivity index (χ0v) is 10.3. The van der Waals surface area contributed by atoms with E-state index in [1.54, 1.807) is 0 Å². The largest absolute Gasteiger partial charge is 0.393 e. The van der Waals surface area contributed by atoms with E-state index in [0.717, 1.165) is 6.42 Å². The number of hydrogen-bond donors (Lipinski definition) is 0. The first-order valence-electron chi connectivity index (χ1n) is 6.49. The van der Waals surface area contributed by atoms with Crippen molar-refractivity contribution < 1.29 is 14.3 Å². The predicted octanol–water partition coefficient (Wildman–Crippen LogP) is 2.57. The number of ether oxygens (including phenoxy) is 1. The van der Waals surface area contributed by atoms with E-state index in [-0.39, 0.29) is 24.2 Å². The first kappa shape index (κ1) is 10.7. The fourth-order valence-electron chi connectivity index (χ4n) is 3.43. The molecule has 0 amide bonds. The lowest BCUT2D eigenvalue weighted by Gasteiger charge is -2.15. The van der Waals surface area contributed by atoms with Gasteiger partial charge >= 0.3 is 11.9 Å². The molecule has 1 aliphatic heterocycles. The molecular formula is C16H12O3. The highest BCUT2D eigenvalue weighted by Crippen LogP contribution is 2.44. The molecule has 1 aliphatic carbocycles. The van der Waals surface area contributed by atoms with E-state index < -0.39 is 5.97 Å². The monoisotopic (exact) mass is 252 g/mol. The summed E-state index contributed by atoms with van der Waals surface area (Å²) in [6.07, 6.45) is 1.04. The Labute approximate surface area is 110 Å². The van der Waals surface area contributed by atoms with E-state index in [1.807, 2.05) is 12.1 Å². The molecule has 1 heterocycles. The lowest BCUT2D eigenvalue weighted by atomic mass is 9.85. The molecule has 0 spiro atoms. The maximum atomic E-state index is 11.8. The number of cyclic esters (lactones) is 2. The van der Waals surface area contributed by atoms with Gasteiger partial charge in [-0.1, -0.05) is 36.4 Å². The van der Waals surface area contributed by atoms with E-state index in [1.165, 1.54) is 21.9 Å². The molecule has 19 heavy (non-hydrogen) atoms. The molecule has 0 radical (unpaired) electrons. The highest BCUT2D eigenvalue weighted by Gasteiger charge is 2.42. The van der Waals surface area contributed by atoms with Gasteiger partial charge in [0, 0.05) is 5.92 Å². The van der Waals surface area contributed by atoms with Crippen molar-refractivity contribution in [3.8, 4) is 0 Å². The summed E-state index contributed by atoms with van der Waals surface area (Å²) in [5.41, 5.74) is 2.45. The van der Waals surface area contributed by atoms with Gasteiger partial charge in [-0.25, -0.2) is 0 Å². The van der Waals surface area contributed by atoms with Crippen LogP contribution < -0.4 is 0 Å². The average Bonchev–Trinajstić information content (AvgIpc) is 2.93. The van der Waals surface area contributed by atoms with Crippen LogP contribution in [0, 0.1) is 5.92 Å². The zero-order chi connectivity index (χ0) is 13.0. The molecule has 3 heteroatoms. The summed E-state index contributed by atoms with van der Waals surface area (Å²) in [5, 5.41) is 2.46. The summed E-state index contributed by atoms with van der Waals surface area (Å²) in [7, 11) is 0. The molecule has 0 N–H and O–H groups in total. The van der Waals surface area contributed by atoms with Crippen molar-refractivity contribution in [2.24, 2.45) is 5.92 Å². The molecule has 3 nitrogen and oxygen atoms in total. The zero-order valence-electron chi connectivity index (χ0n) is 10.3. The lowest BCUT2D eigenvalue weighted by Crippen LogP contribution is -2.17. The van der Waals surface area contributed by atoms with Gasteiger partial charge in [0.25, 0.3) is 0 Å². The minimum Gasteiger partial charge on any atom is -0.393 e. The molecule has 2 atom stereocenters. The van der Waals surface area contributed by atoms with Crippen LogP contribution in [-0.4, -0.2) is 11.9 Å². The van der Waals surface area contributed by atoms with Crippen molar-refractivity contribution in [1.82, 2.24) is 0 Å². The minimum absolute atomic E-state index is 0.0834. The molecule has 1 fully saturated rings. The topological polar surface area (TPSA) is 43.4 Å². The summed E-state index contributed by atoms with van der Waals surface area (Å²) >= 11 is 0. The summed E-state index contributed by atoms with van der Waals surface area (Å²) in [6, 6.07) is 12.4. The van der Waals surface area contributed by atoms with Gasteiger partial charge in [0.1, 0.15) is 0 Å². The van der Waals surface area contributed by atoms with Crippen molar-refractivity contribution in [3.05, 3.63) is 47.5 Å². The predicted molar refractivity (Wildman–Crippen MR) is 69.6 cm³/mol. The molecule has 2 aliphatic rings. The van der Waals surface area contributed by atoms with Gasteiger partial charge in [-0.3, -0.25) is 9.59 Å². The lowest BCUT2D eigenvalue weighted by molar-refractivity contribution is -0.153. The second kappa shape index (κ2) is 3.67. The Hall–Kier alpha value is -2.16. The van der Waals surface area contributed by atoms with Crippen molar-refractivity contribution in [2.45, 2.75) is 18.8 Å². The number of esters is 2. The highest BCUT2D eigenvalue weighted by molar-refractivity contribution is 5.97. The average molecular weight is 252 g/mol. The molecule has 2 aromatic carbocycles. The Balaban J connectivity index is 1.86. The fraction of sp³-hybridized carbons (Fsp3) is 0.250. The Morgan fingerprint density at radius 2 is 1.74 bits per heavy atom. The van der Waals surface area contributed by atoms with Gasteiger partial charge in [0.2, 0.25) is 0 Å². The van der Waals surface area contributed by atoms with Crippen LogP contribution in [-0.2, 0) is 20.7 Å². The molecule has 1 saturated heterocycles. The standard InChI is InChI=1S/C16H12O3/c17-14-8-13(16(18)19-14)12-7-10-5-1-3-9-4-2-6-11(12)15(9)10/h1-6,12-13H,7-8H2. The van der Waals surface area contributed by atoms with Crippen molar-refractivity contribution in [3.63, 3.8) is 0 Å². The number of rotatable bonds is 1. The van der Waals surface area contributed by atoms with Crippen LogP contribution in [0.5, 0.6) is 0 Å². The Morgan fingerprint density at radius 1 is 0.947 bits per heavy atom. The van der Waals surface area contributed by atoms with Gasteiger partial charge < -0.3 is 4.74 Å². The van der Waals surface area contributed by atoms with Crippen LogP contribution in [0.4, 0.5) is 0 Å². The SMILES string of the molecule is O=C1CC(C2Cc3cccc4cccc2c34)C(=O)O1. The van der Waals surface area contributed by atoms with Crippen LogP contribution >= 0.6 is 0 Å². The summed E-state index contributed by atoms with van der Waals surface area (Å²) in [6.45, 7) is 0. The smallest absolute Gasteiger partial charge is 0.317 e. The summed E-state index contributed by atoms with van der Waals surface area (Å²) in [4.78, 5) is 23.1. The molecular weight excluding hydrogens is 240 g/mol. The maximum absolute atomic E-state index is 11.8. The molecule has 0 saturated carbocycles. The Morgan fingerprint density at radius 3 is 2.47 bits per heavy atom. The van der Waals surface area contributed by atoms with Crippen molar-refractivity contribution in [1.29, 1.82) is 0 Å². The van der Waals surface area contributed by atoms with Crippen LogP contribution in [0.25, 0.3) is 10.8 Å². The van der Waals surface area contributed by atoms with Crippen LogP contribution in [0.1, 0.15) is 23.5 Å². The van der Waals surface area contributed by atoms with Crippen molar-refractivity contribution in [2.75, 3.05) is 0 Å². The third kappa shape index (κ3) is 1.44. The van der Waals surface area contributed by atoms with E-state index in [0.29, 0.717) is 0 Å². The summed E-state index contributed by atoms with van der Waals surface area (Å²) in [5.74, 6) is -0.983. The molecule has 2 aromatic rings. The van der Waals surface area contributed by atoms with Gasteiger partial charge in [-0.15, -0.1) is 0 Å². The molecule has 94 valence electrons. The van der Waals surface area contributed by atoms with Gasteiger partial charge in [0.05, 0.1) is 12.3 Å². The second-order valence-corrected chi connectivity index (χ2v) is 5.28. The van der Waals surface area contributed by atoms with Gasteiger partial charge in [-0.05, 0) is 28.3 Å². The van der Waals surface area contributed by atoms with Crippen LogP contribution in [0.15, 0.2) is 36.4 Å². The van der Waals surface area contributed by atoms with E-state index >= 15 is 0 Å². The molecule has 2 unspecified atom stereocenters. The van der Waals surface area contributed by atoms with Crippen LogP contribution in [0.2, 0.25) is 0 Å². The quantitative estimate of drug-likeness (QED) is 0.578. The third-order valence-corrected chi connectivity index (χ3v) is 4.25. The number of carbonyl (C=O) groups is 2. The van der Waals surface area contributed by atoms with Crippen LogP contribution in [0.3, 0.4) is 0 Å². The maximum Gasteiger partial charge on any atom is 0.317 e. The second-order valence-electron chi connectivity index (χ2n) is 5.28. The first-order chi connectivity index (χ1) is 9.24. The minimum atomic E-state index is -0.391. The Kier molecular flexibility index (Phi) is 2.07. The van der Waals surface area contributed by atoms with Crippen molar-refractivity contribution >= 4 is 22.7 Å². The first-order valence-corrected chi connectivity index (χ1v) is 6.49. The van der Waals surface area contributed by atoms with E-state index in [2.05, 4.69) is 24.3 Å². The number of carbonyl (C=O) groups excluding carboxylic acids is 2. The third-order valence-electron chi connectivity index (χ3n) is 4.25. The van der Waals surface area contributed by atoms with Gasteiger partial charge in [0.15, 0.2) is 0 Å². The molecule has 4 rings (SSSR count). The number of hydrogen-bond acceptors (Lipinski definition) is 3. The van der Waals surface area contributed by atoms with E-state index in [9.17, 15) is 9.59 Å². The normalized spacial score (nSPS) is 25.1. The number of benzene rings is 2. The summed E-state index contributed by atoms with van der Waals surface area (Å²) < 4.78 is 4.70. The Bertz CT molecular complexity index is 712. The van der Waals surface area contributed by atoms with E-state index in [4.69, 9.17) is 4.74 Å². The molecule has 0 bridgehead atoms. The fourth-order valence-corrected chi connectivity index (χ4v) is 3.43. The molecule has 0 aromatic heterocycles. The highest BCUT2D eigenvalue weighted by atomic mass is 16.6. The van der Waals surface area contributed by atoms with Gasteiger partial charge in [-0.2, -0.15) is 0 Å².